The number of anilines is 1. The summed E-state index contributed by atoms with van der Waals surface area (Å²) in [5.74, 6) is 0. The molecule has 2 saturated heterocycles. The van der Waals surface area contributed by atoms with Crippen molar-refractivity contribution >= 4 is 5.69 Å². The number of hydrogen-bond acceptors (Lipinski definition) is 3. The van der Waals surface area contributed by atoms with Gasteiger partial charge in [-0.2, -0.15) is 0 Å². The number of para-hydroxylation sites is 1. The first-order valence-corrected chi connectivity index (χ1v) is 8.93. The fraction of sp³-hybridized carbons (Fsp3) is 0.684. The molecular formula is C19H30N2O. The predicted octanol–water partition coefficient (Wildman–Crippen LogP) is 4.09. The number of nitrogens with one attached hydrogen (secondary N) is 1. The Kier molecular flexibility index (Phi) is 5.04. The fourth-order valence-electron chi connectivity index (χ4n) is 3.74. The maximum Gasteiger partial charge on any atom is 0.156 e. The minimum atomic E-state index is 0.201. The second-order valence-corrected chi connectivity index (χ2v) is 6.89. The fourth-order valence-corrected chi connectivity index (χ4v) is 3.74. The highest BCUT2D eigenvalue weighted by atomic mass is 16.6. The summed E-state index contributed by atoms with van der Waals surface area (Å²) >= 11 is 0. The summed E-state index contributed by atoms with van der Waals surface area (Å²) < 4.78 is 6.03. The molecule has 0 radical (unpaired) electrons. The number of likely N-dealkylation sites (tertiary alicyclic amines) is 1. The Balaban J connectivity index is 1.60. The number of ether oxygens (including phenoxy) is 1. The predicted molar refractivity (Wildman–Crippen MR) is 92.3 cm³/mol. The molecule has 0 saturated carbocycles. The van der Waals surface area contributed by atoms with E-state index in [9.17, 15) is 0 Å². The molecule has 3 nitrogen and oxygen atoms in total. The summed E-state index contributed by atoms with van der Waals surface area (Å²) in [6, 6.07) is 7.07. The quantitative estimate of drug-likeness (QED) is 0.802. The van der Waals surface area contributed by atoms with Crippen LogP contribution in [0.3, 0.4) is 0 Å². The maximum absolute atomic E-state index is 6.03. The minimum Gasteiger partial charge on any atom is -0.358 e. The number of piperidine rings is 1. The lowest BCUT2D eigenvalue weighted by Gasteiger charge is -2.35. The van der Waals surface area contributed by atoms with Gasteiger partial charge in [-0.25, -0.2) is 0 Å². The summed E-state index contributed by atoms with van der Waals surface area (Å²) in [7, 11) is 0. The first kappa shape index (κ1) is 15.8. The normalized spacial score (nSPS) is 28.6. The van der Waals surface area contributed by atoms with E-state index in [-0.39, 0.29) is 6.23 Å². The van der Waals surface area contributed by atoms with Crippen LogP contribution in [0.4, 0.5) is 5.69 Å². The maximum atomic E-state index is 6.03. The summed E-state index contributed by atoms with van der Waals surface area (Å²) in [6.45, 7) is 9.09. The molecule has 0 bridgehead atoms. The molecule has 2 aliphatic rings. The largest absolute Gasteiger partial charge is 0.358 e. The number of nitrogens with zero attached hydrogens (tertiary/aromatic N) is 1. The summed E-state index contributed by atoms with van der Waals surface area (Å²) in [4.78, 5) is 2.67. The van der Waals surface area contributed by atoms with Gasteiger partial charge in [0.2, 0.25) is 0 Å². The second-order valence-electron chi connectivity index (χ2n) is 6.89. The van der Waals surface area contributed by atoms with Crippen LogP contribution in [-0.4, -0.2) is 36.4 Å². The third kappa shape index (κ3) is 3.47. The Morgan fingerprint density at radius 1 is 1.23 bits per heavy atom. The molecule has 3 unspecified atom stereocenters. The molecule has 122 valence electrons. The van der Waals surface area contributed by atoms with Crippen LogP contribution in [-0.2, 0) is 4.74 Å². The van der Waals surface area contributed by atoms with Gasteiger partial charge in [0.25, 0.3) is 0 Å². The highest BCUT2D eigenvalue weighted by Gasteiger charge is 2.47. The number of benzene rings is 1. The Labute approximate surface area is 135 Å². The highest BCUT2D eigenvalue weighted by molar-refractivity contribution is 5.57. The van der Waals surface area contributed by atoms with Crippen molar-refractivity contribution in [3.8, 4) is 0 Å². The van der Waals surface area contributed by atoms with Crippen molar-refractivity contribution in [2.75, 3.05) is 18.4 Å². The molecule has 22 heavy (non-hydrogen) atoms. The Morgan fingerprint density at radius 3 is 2.73 bits per heavy atom. The molecular weight excluding hydrogens is 272 g/mol. The van der Waals surface area contributed by atoms with Crippen LogP contribution in [0.2, 0.25) is 0 Å². The first-order valence-electron chi connectivity index (χ1n) is 8.93. The molecule has 2 aliphatic heterocycles. The second kappa shape index (κ2) is 7.01. The molecule has 3 atom stereocenters. The van der Waals surface area contributed by atoms with Gasteiger partial charge in [-0.3, -0.25) is 4.90 Å². The summed E-state index contributed by atoms with van der Waals surface area (Å²) in [6.07, 6.45) is 7.14. The Bertz CT molecular complexity index is 482. The minimum absolute atomic E-state index is 0.201. The van der Waals surface area contributed by atoms with Crippen LogP contribution in [0.25, 0.3) is 0 Å². The van der Waals surface area contributed by atoms with E-state index in [0.717, 1.165) is 0 Å². The van der Waals surface area contributed by atoms with E-state index in [1.807, 2.05) is 0 Å². The van der Waals surface area contributed by atoms with E-state index in [0.29, 0.717) is 12.1 Å². The Morgan fingerprint density at radius 2 is 2.00 bits per heavy atom. The van der Waals surface area contributed by atoms with Crippen molar-refractivity contribution < 1.29 is 4.74 Å². The van der Waals surface area contributed by atoms with Crippen molar-refractivity contribution in [1.29, 1.82) is 0 Å². The smallest absolute Gasteiger partial charge is 0.156 e. The third-order valence-electron chi connectivity index (χ3n) is 5.14. The van der Waals surface area contributed by atoms with Crippen molar-refractivity contribution in [3.05, 3.63) is 29.3 Å². The highest BCUT2D eigenvalue weighted by Crippen LogP contribution is 2.35. The van der Waals surface area contributed by atoms with E-state index < -0.39 is 0 Å². The molecule has 2 heterocycles. The molecule has 3 rings (SSSR count). The van der Waals surface area contributed by atoms with E-state index in [1.54, 1.807) is 0 Å². The number of epoxide rings is 1. The molecule has 1 aromatic carbocycles. The van der Waals surface area contributed by atoms with E-state index in [1.165, 1.54) is 62.0 Å². The lowest BCUT2D eigenvalue weighted by atomic mass is 9.98. The summed E-state index contributed by atoms with van der Waals surface area (Å²) in [5, 5.41) is 3.63. The zero-order chi connectivity index (χ0) is 15.5. The average Bonchev–Trinajstić information content (AvgIpc) is 3.28. The SMILES string of the molecule is CCCCN1CCCCC1C1OC1Nc1c(C)cccc1C. The average molecular weight is 302 g/mol. The molecule has 2 fully saturated rings. The van der Waals surface area contributed by atoms with Crippen LogP contribution in [0.1, 0.15) is 50.2 Å². The van der Waals surface area contributed by atoms with Gasteiger partial charge in [0.15, 0.2) is 6.23 Å². The van der Waals surface area contributed by atoms with Gasteiger partial charge in [0.1, 0.15) is 6.10 Å². The monoisotopic (exact) mass is 302 g/mol. The van der Waals surface area contributed by atoms with Gasteiger partial charge in [-0.1, -0.05) is 38.0 Å². The van der Waals surface area contributed by atoms with Gasteiger partial charge >= 0.3 is 0 Å². The molecule has 1 N–H and O–H groups in total. The molecule has 0 amide bonds. The first-order chi connectivity index (χ1) is 10.7. The third-order valence-corrected chi connectivity index (χ3v) is 5.14. The van der Waals surface area contributed by atoms with Crippen molar-refractivity contribution in [2.45, 2.75) is 71.2 Å². The zero-order valence-electron chi connectivity index (χ0n) is 14.3. The van der Waals surface area contributed by atoms with Gasteiger partial charge in [0, 0.05) is 11.7 Å². The Hall–Kier alpha value is -1.06. The molecule has 0 aliphatic carbocycles. The van der Waals surface area contributed by atoms with Gasteiger partial charge in [0.05, 0.1) is 0 Å². The van der Waals surface area contributed by atoms with Crippen molar-refractivity contribution in [3.63, 3.8) is 0 Å². The number of rotatable bonds is 6. The van der Waals surface area contributed by atoms with Gasteiger partial charge in [-0.15, -0.1) is 0 Å². The standard InChI is InChI=1S/C19H30N2O/c1-4-5-12-21-13-7-6-11-16(21)18-19(22-18)20-17-14(2)9-8-10-15(17)3/h8-10,16,18-20H,4-7,11-13H2,1-3H3. The van der Waals surface area contributed by atoms with E-state index in [2.05, 4.69) is 49.2 Å². The van der Waals surface area contributed by atoms with Crippen LogP contribution in [0.5, 0.6) is 0 Å². The lowest BCUT2D eigenvalue weighted by Crippen LogP contribution is -2.44. The van der Waals surface area contributed by atoms with Crippen LogP contribution < -0.4 is 5.32 Å². The van der Waals surface area contributed by atoms with Crippen LogP contribution in [0.15, 0.2) is 18.2 Å². The van der Waals surface area contributed by atoms with Gasteiger partial charge < -0.3 is 10.1 Å². The molecule has 1 aromatic rings. The molecule has 0 aromatic heterocycles. The number of aryl methyl sites for hydroxylation is 2. The van der Waals surface area contributed by atoms with E-state index >= 15 is 0 Å². The summed E-state index contributed by atoms with van der Waals surface area (Å²) in [5.41, 5.74) is 3.87. The molecule has 3 heteroatoms. The number of hydrogen-bond donors (Lipinski definition) is 1. The zero-order valence-corrected chi connectivity index (χ0v) is 14.3. The topological polar surface area (TPSA) is 27.8 Å². The van der Waals surface area contributed by atoms with Crippen LogP contribution >= 0.6 is 0 Å². The van der Waals surface area contributed by atoms with Crippen LogP contribution in [0, 0.1) is 13.8 Å². The van der Waals surface area contributed by atoms with Crippen molar-refractivity contribution in [1.82, 2.24) is 4.90 Å². The molecule has 0 spiro atoms. The van der Waals surface area contributed by atoms with Crippen molar-refractivity contribution in [2.24, 2.45) is 0 Å². The van der Waals surface area contributed by atoms with E-state index in [4.69, 9.17) is 4.74 Å². The van der Waals surface area contributed by atoms with Gasteiger partial charge in [-0.05, 0) is 57.3 Å². The lowest BCUT2D eigenvalue weighted by molar-refractivity contribution is 0.118. The number of unbranched alkanes of at least 4 members (excludes halogenated alkanes) is 1.